The number of nitrogens with two attached hydrogens (primary N) is 1. The van der Waals surface area contributed by atoms with Gasteiger partial charge >= 0.3 is 0 Å². The van der Waals surface area contributed by atoms with Gasteiger partial charge in [-0.1, -0.05) is 35.3 Å². The third-order valence-electron chi connectivity index (χ3n) is 6.91. The monoisotopic (exact) mass is 572 g/mol. The third-order valence-corrected chi connectivity index (χ3v) is 9.22. The summed E-state index contributed by atoms with van der Waals surface area (Å²) in [5, 5.41) is 9.49. The van der Waals surface area contributed by atoms with Crippen LogP contribution in [0.3, 0.4) is 0 Å². The number of primary amides is 1. The van der Waals surface area contributed by atoms with Gasteiger partial charge in [0.05, 0.1) is 23.5 Å². The predicted octanol–water partition coefficient (Wildman–Crippen LogP) is 3.34. The van der Waals surface area contributed by atoms with Crippen molar-refractivity contribution in [2.75, 3.05) is 11.4 Å². The van der Waals surface area contributed by atoms with Crippen molar-refractivity contribution in [2.24, 2.45) is 5.73 Å². The molecule has 10 nitrogen and oxygen atoms in total. The van der Waals surface area contributed by atoms with Crippen LogP contribution < -0.4 is 10.6 Å². The maximum absolute atomic E-state index is 14.1. The number of hydrogen-bond acceptors (Lipinski definition) is 6. The van der Waals surface area contributed by atoms with E-state index in [1.54, 1.807) is 31.2 Å². The zero-order chi connectivity index (χ0) is 27.4. The van der Waals surface area contributed by atoms with E-state index in [0.29, 0.717) is 29.7 Å². The molecule has 3 heterocycles. The number of carbonyl (C=O) groups excluding carboxylic acids is 2. The largest absolute Gasteiger partial charge is 0.368 e. The van der Waals surface area contributed by atoms with Crippen molar-refractivity contribution in [3.05, 3.63) is 69.8 Å². The van der Waals surface area contributed by atoms with Gasteiger partial charge in [0.15, 0.2) is 5.03 Å². The highest BCUT2D eigenvalue weighted by atomic mass is 35.5. The molecule has 0 bridgehead atoms. The molecule has 5 rings (SSSR count). The van der Waals surface area contributed by atoms with Crippen molar-refractivity contribution in [2.45, 2.75) is 42.8 Å². The number of halogens is 2. The van der Waals surface area contributed by atoms with E-state index in [9.17, 15) is 18.0 Å². The zero-order valence-corrected chi connectivity index (χ0v) is 22.5. The molecule has 38 heavy (non-hydrogen) atoms. The minimum absolute atomic E-state index is 0.0675. The summed E-state index contributed by atoms with van der Waals surface area (Å²) in [5.41, 5.74) is 5.53. The third kappa shape index (κ3) is 4.14. The molecule has 1 aromatic heterocycles. The first kappa shape index (κ1) is 26.2. The molecule has 2 atom stereocenters. The molecule has 2 aromatic carbocycles. The topological polar surface area (TPSA) is 142 Å². The molecule has 3 aromatic rings. The van der Waals surface area contributed by atoms with Crippen LogP contribution in [0.4, 0.5) is 11.6 Å². The van der Waals surface area contributed by atoms with Crippen molar-refractivity contribution in [3.8, 4) is 6.07 Å². The van der Waals surface area contributed by atoms with Crippen LogP contribution in [-0.2, 0) is 31.6 Å². The summed E-state index contributed by atoms with van der Waals surface area (Å²) in [6, 6.07) is 12.3. The lowest BCUT2D eigenvalue weighted by Gasteiger charge is -2.28. The zero-order valence-electron chi connectivity index (χ0n) is 20.1. The SMILES string of the molecule is C[C@@]1(Cc2ccc(C#N)cc2)C(=O)N(c2cc(Cl)cc(Cl)c2)c2ncc(S(=O)(=O)N3CCC[C@H]3C(N)=O)n21. The number of rotatable bonds is 6. The van der Waals surface area contributed by atoms with Gasteiger partial charge in [-0.3, -0.25) is 14.2 Å². The number of amides is 2. The molecule has 1 fully saturated rings. The maximum Gasteiger partial charge on any atom is 0.261 e. The van der Waals surface area contributed by atoms with Crippen LogP contribution in [0.1, 0.15) is 30.9 Å². The lowest BCUT2D eigenvalue weighted by molar-refractivity contribution is -0.124. The quantitative estimate of drug-likeness (QED) is 0.480. The maximum atomic E-state index is 14.1. The lowest BCUT2D eigenvalue weighted by Crippen LogP contribution is -2.46. The Morgan fingerprint density at radius 3 is 2.47 bits per heavy atom. The molecule has 1 saturated heterocycles. The van der Waals surface area contributed by atoms with Crippen molar-refractivity contribution in [3.63, 3.8) is 0 Å². The summed E-state index contributed by atoms with van der Waals surface area (Å²) in [4.78, 5) is 31.8. The van der Waals surface area contributed by atoms with Crippen LogP contribution in [0.15, 0.2) is 53.7 Å². The molecular formula is C25H22Cl2N6O4S. The van der Waals surface area contributed by atoms with E-state index in [1.165, 1.54) is 33.9 Å². The standard InChI is InChI=1S/C25H22Cl2N6O4S/c1-25(12-15-4-6-16(13-28)7-5-15)23(35)32(19-10-17(26)9-18(27)11-19)24-30-14-21(33(24)25)38(36,37)31-8-2-3-20(31)22(29)34/h4-7,9-11,14,20H,2-3,8,12H2,1H3,(H2,29,34)/t20-,25+/m0/s1. The van der Waals surface area contributed by atoms with E-state index in [2.05, 4.69) is 11.1 Å². The highest BCUT2D eigenvalue weighted by molar-refractivity contribution is 7.89. The Labute approximate surface area is 229 Å². The van der Waals surface area contributed by atoms with Gasteiger partial charge in [-0.05, 0) is 55.7 Å². The highest BCUT2D eigenvalue weighted by Gasteiger charge is 2.53. The summed E-state index contributed by atoms with van der Waals surface area (Å²) in [6.07, 6.45) is 2.06. The second kappa shape index (κ2) is 9.39. The molecule has 2 N–H and O–H groups in total. The van der Waals surface area contributed by atoms with Gasteiger partial charge < -0.3 is 5.73 Å². The fourth-order valence-electron chi connectivity index (χ4n) is 5.14. The van der Waals surface area contributed by atoms with E-state index in [4.69, 9.17) is 34.2 Å². The Morgan fingerprint density at radius 2 is 1.87 bits per heavy atom. The number of nitriles is 1. The van der Waals surface area contributed by atoms with Crippen LogP contribution >= 0.6 is 23.2 Å². The Kier molecular flexibility index (Phi) is 6.47. The first-order valence-corrected chi connectivity index (χ1v) is 13.9. The molecule has 0 aliphatic carbocycles. The normalized spacial score (nSPS) is 21.5. The van der Waals surface area contributed by atoms with E-state index < -0.39 is 33.4 Å². The van der Waals surface area contributed by atoms with Crippen molar-refractivity contribution in [1.82, 2.24) is 13.9 Å². The number of hydrogen-bond donors (Lipinski definition) is 1. The van der Waals surface area contributed by atoms with Crippen LogP contribution in [0.5, 0.6) is 0 Å². The summed E-state index contributed by atoms with van der Waals surface area (Å²) < 4.78 is 30.3. The number of aromatic nitrogens is 2. The number of anilines is 2. The smallest absolute Gasteiger partial charge is 0.261 e. The van der Waals surface area contributed by atoms with Crippen LogP contribution in [0.25, 0.3) is 0 Å². The Balaban J connectivity index is 1.69. The fourth-order valence-corrected chi connectivity index (χ4v) is 7.51. The summed E-state index contributed by atoms with van der Waals surface area (Å²) in [7, 11) is -4.28. The molecule has 0 saturated carbocycles. The minimum Gasteiger partial charge on any atom is -0.368 e. The number of imidazole rings is 1. The number of benzene rings is 2. The molecule has 0 spiro atoms. The number of fused-ring (bicyclic) bond motifs is 1. The van der Waals surface area contributed by atoms with Crippen molar-refractivity contribution in [1.29, 1.82) is 5.26 Å². The summed E-state index contributed by atoms with van der Waals surface area (Å²) in [5.74, 6) is -1.12. The molecule has 2 aliphatic rings. The molecule has 196 valence electrons. The van der Waals surface area contributed by atoms with Crippen LogP contribution in [0, 0.1) is 11.3 Å². The Bertz CT molecular complexity index is 1600. The molecule has 2 aliphatic heterocycles. The average Bonchev–Trinajstić information content (AvgIpc) is 3.57. The van der Waals surface area contributed by atoms with Crippen LogP contribution in [-0.4, -0.2) is 46.7 Å². The van der Waals surface area contributed by atoms with Gasteiger partial charge in [0.25, 0.3) is 15.9 Å². The fraction of sp³-hybridized carbons (Fsp3) is 0.280. The minimum atomic E-state index is -4.28. The van der Waals surface area contributed by atoms with Gasteiger partial charge in [0.1, 0.15) is 11.6 Å². The molecule has 13 heteroatoms. The first-order chi connectivity index (χ1) is 18.0. The number of nitrogens with zero attached hydrogens (tertiary/aromatic N) is 5. The molecule has 2 amide bonds. The lowest BCUT2D eigenvalue weighted by atomic mass is 9.91. The van der Waals surface area contributed by atoms with Crippen molar-refractivity contribution >= 4 is 56.7 Å². The second-order valence-corrected chi connectivity index (χ2v) is 12.1. The Hall–Kier alpha value is -3.43. The van der Waals surface area contributed by atoms with Gasteiger partial charge in [-0.25, -0.2) is 18.3 Å². The molecule has 0 unspecified atom stereocenters. The molecular weight excluding hydrogens is 551 g/mol. The van der Waals surface area contributed by atoms with Gasteiger partial charge in [-0.2, -0.15) is 9.57 Å². The second-order valence-electron chi connectivity index (χ2n) is 9.44. The van der Waals surface area contributed by atoms with Gasteiger partial charge in [0, 0.05) is 23.0 Å². The van der Waals surface area contributed by atoms with E-state index >= 15 is 0 Å². The van der Waals surface area contributed by atoms with Crippen LogP contribution in [0.2, 0.25) is 10.0 Å². The van der Waals surface area contributed by atoms with Crippen molar-refractivity contribution < 1.29 is 18.0 Å². The van der Waals surface area contributed by atoms with E-state index in [1.807, 2.05) is 0 Å². The first-order valence-electron chi connectivity index (χ1n) is 11.7. The number of sulfonamides is 1. The van der Waals surface area contributed by atoms with Gasteiger partial charge in [-0.15, -0.1) is 0 Å². The van der Waals surface area contributed by atoms with E-state index in [0.717, 1.165) is 4.31 Å². The van der Waals surface area contributed by atoms with Gasteiger partial charge in [0.2, 0.25) is 11.9 Å². The Morgan fingerprint density at radius 1 is 1.21 bits per heavy atom. The summed E-state index contributed by atoms with van der Waals surface area (Å²) in [6.45, 7) is 1.74. The predicted molar refractivity (Wildman–Crippen MR) is 140 cm³/mol. The highest BCUT2D eigenvalue weighted by Crippen LogP contribution is 2.45. The summed E-state index contributed by atoms with van der Waals surface area (Å²) >= 11 is 12.4. The molecule has 0 radical (unpaired) electrons. The van der Waals surface area contributed by atoms with E-state index in [-0.39, 0.29) is 34.0 Å². The number of carbonyl (C=O) groups is 2. The average molecular weight is 573 g/mol.